The molecule has 0 unspecified atom stereocenters. The van der Waals surface area contributed by atoms with Crippen molar-refractivity contribution in [3.63, 3.8) is 0 Å². The molecule has 2 aliphatic rings. The van der Waals surface area contributed by atoms with Gasteiger partial charge in [-0.3, -0.25) is 9.48 Å². The van der Waals surface area contributed by atoms with Crippen molar-refractivity contribution >= 4 is 23.5 Å². The van der Waals surface area contributed by atoms with E-state index in [2.05, 4.69) is 12.2 Å². The monoisotopic (exact) mass is 489 g/mol. The molecule has 2 N–H and O–H groups in total. The number of nitrogens with zero attached hydrogens (tertiary/aromatic N) is 2. The summed E-state index contributed by atoms with van der Waals surface area (Å²) in [5.74, 6) is -0.694. The van der Waals surface area contributed by atoms with E-state index in [1.165, 1.54) is 13.2 Å². The van der Waals surface area contributed by atoms with Gasteiger partial charge in [0, 0.05) is 31.3 Å². The number of halogens is 1. The highest BCUT2D eigenvalue weighted by atomic mass is 35.5. The molecule has 0 saturated carbocycles. The van der Waals surface area contributed by atoms with E-state index < -0.39 is 5.97 Å². The van der Waals surface area contributed by atoms with Crippen LogP contribution in [-0.2, 0) is 30.5 Å². The van der Waals surface area contributed by atoms with Gasteiger partial charge >= 0.3 is 5.97 Å². The summed E-state index contributed by atoms with van der Waals surface area (Å²) in [4.78, 5) is 24.7. The third kappa shape index (κ3) is 4.79. The first-order valence-corrected chi connectivity index (χ1v) is 12.2. The van der Waals surface area contributed by atoms with Gasteiger partial charge in [-0.2, -0.15) is 5.10 Å². The number of methoxy groups -OCH3 is 1. The van der Waals surface area contributed by atoms with Crippen LogP contribution in [0, 0.1) is 11.3 Å². The third-order valence-electron chi connectivity index (χ3n) is 7.03. The number of carbonyl (C=O) groups excluding carboxylic acids is 1. The zero-order valence-electron chi connectivity index (χ0n) is 19.9. The van der Waals surface area contributed by atoms with Gasteiger partial charge in [0.25, 0.3) is 5.91 Å². The molecular formula is C25H32ClN3O5. The zero-order valence-corrected chi connectivity index (χ0v) is 20.7. The quantitative estimate of drug-likeness (QED) is 0.613. The molecule has 9 heteroatoms. The molecule has 3 heterocycles. The van der Waals surface area contributed by atoms with Crippen molar-refractivity contribution in [1.82, 2.24) is 15.1 Å². The molecule has 0 bridgehead atoms. The van der Waals surface area contributed by atoms with E-state index >= 15 is 0 Å². The highest BCUT2D eigenvalue weighted by Gasteiger charge is 2.39. The van der Waals surface area contributed by atoms with Crippen molar-refractivity contribution in [3.05, 3.63) is 45.2 Å². The predicted octanol–water partition coefficient (Wildman–Crippen LogP) is 3.77. The third-order valence-corrected chi connectivity index (χ3v) is 7.25. The smallest absolute Gasteiger partial charge is 0.339 e. The number of hydrogen-bond donors (Lipinski definition) is 2. The van der Waals surface area contributed by atoms with E-state index in [1.54, 1.807) is 6.07 Å². The molecule has 1 fully saturated rings. The van der Waals surface area contributed by atoms with E-state index in [0.717, 1.165) is 36.2 Å². The van der Waals surface area contributed by atoms with Crippen molar-refractivity contribution in [2.75, 3.05) is 26.9 Å². The SMILES string of the molecule is CCc1nn(C[C@H](C)Cc2cc(Cl)cc(C(=O)O)c2OC)c2c1C(=O)NCC1(CCOCC1)C2. The number of amides is 1. The van der Waals surface area contributed by atoms with Crippen molar-refractivity contribution in [2.24, 2.45) is 11.3 Å². The maximum absolute atomic E-state index is 13.0. The maximum atomic E-state index is 13.0. The second kappa shape index (κ2) is 9.96. The lowest BCUT2D eigenvalue weighted by Crippen LogP contribution is -2.40. The molecule has 8 nitrogen and oxygen atoms in total. The number of carboxylic acid groups (broad SMARTS) is 1. The zero-order chi connectivity index (χ0) is 24.5. The van der Waals surface area contributed by atoms with Crippen molar-refractivity contribution < 1.29 is 24.2 Å². The Morgan fingerprint density at radius 2 is 2.12 bits per heavy atom. The molecule has 2 aliphatic heterocycles. The highest BCUT2D eigenvalue weighted by Crippen LogP contribution is 2.38. The summed E-state index contributed by atoms with van der Waals surface area (Å²) in [7, 11) is 1.47. The van der Waals surface area contributed by atoms with E-state index in [1.807, 2.05) is 11.6 Å². The Morgan fingerprint density at radius 3 is 2.76 bits per heavy atom. The van der Waals surface area contributed by atoms with Crippen LogP contribution >= 0.6 is 11.6 Å². The van der Waals surface area contributed by atoms with Gasteiger partial charge < -0.3 is 19.9 Å². The summed E-state index contributed by atoms with van der Waals surface area (Å²) in [6.45, 7) is 6.76. The van der Waals surface area contributed by atoms with Gasteiger partial charge in [0.2, 0.25) is 0 Å². The molecule has 1 aromatic heterocycles. The van der Waals surface area contributed by atoms with Crippen LogP contribution < -0.4 is 10.1 Å². The molecule has 1 saturated heterocycles. The van der Waals surface area contributed by atoms with E-state index in [-0.39, 0.29) is 22.8 Å². The Morgan fingerprint density at radius 1 is 1.38 bits per heavy atom. The average Bonchev–Trinajstić information content (AvgIpc) is 3.07. The summed E-state index contributed by atoms with van der Waals surface area (Å²) >= 11 is 6.21. The van der Waals surface area contributed by atoms with E-state index in [4.69, 9.17) is 26.2 Å². The van der Waals surface area contributed by atoms with Crippen LogP contribution in [0.5, 0.6) is 5.75 Å². The minimum absolute atomic E-state index is 0.0161. The van der Waals surface area contributed by atoms with Crippen LogP contribution in [0.4, 0.5) is 0 Å². The number of hydrogen-bond acceptors (Lipinski definition) is 5. The molecule has 1 atom stereocenters. The van der Waals surface area contributed by atoms with Crippen LogP contribution in [0.1, 0.15) is 64.4 Å². The molecule has 1 spiro atoms. The van der Waals surface area contributed by atoms with Gasteiger partial charge in [0.15, 0.2) is 0 Å². The molecule has 0 aliphatic carbocycles. The number of carboxylic acids is 1. The number of aromatic nitrogens is 2. The Labute approximate surface area is 204 Å². The van der Waals surface area contributed by atoms with Crippen molar-refractivity contribution in [3.8, 4) is 5.75 Å². The first kappa shape index (κ1) is 24.5. The van der Waals surface area contributed by atoms with Gasteiger partial charge in [-0.15, -0.1) is 0 Å². The van der Waals surface area contributed by atoms with Crippen molar-refractivity contribution in [2.45, 2.75) is 52.5 Å². The first-order chi connectivity index (χ1) is 16.3. The fourth-order valence-electron chi connectivity index (χ4n) is 5.26. The van der Waals surface area contributed by atoms with Gasteiger partial charge in [0.1, 0.15) is 11.3 Å². The average molecular weight is 490 g/mol. The van der Waals surface area contributed by atoms with Crippen LogP contribution in [0.15, 0.2) is 12.1 Å². The largest absolute Gasteiger partial charge is 0.496 e. The van der Waals surface area contributed by atoms with Crippen LogP contribution in [0.25, 0.3) is 0 Å². The van der Waals surface area contributed by atoms with Crippen LogP contribution in [0.2, 0.25) is 5.02 Å². The Bertz CT molecular complexity index is 1090. The van der Waals surface area contributed by atoms with Gasteiger partial charge in [-0.1, -0.05) is 25.4 Å². The number of carbonyl (C=O) groups is 2. The summed E-state index contributed by atoms with van der Waals surface area (Å²) in [5.41, 5.74) is 3.30. The lowest BCUT2D eigenvalue weighted by atomic mass is 9.76. The summed E-state index contributed by atoms with van der Waals surface area (Å²) in [5, 5.41) is 17.9. The second-order valence-corrected chi connectivity index (χ2v) is 9.97. The number of aryl methyl sites for hydroxylation is 1. The van der Waals surface area contributed by atoms with Crippen LogP contribution in [0.3, 0.4) is 0 Å². The number of aromatic carboxylic acids is 1. The van der Waals surface area contributed by atoms with Crippen molar-refractivity contribution in [1.29, 1.82) is 0 Å². The Hall–Kier alpha value is -2.58. The normalized spacial score (nSPS) is 18.2. The molecular weight excluding hydrogens is 458 g/mol. The predicted molar refractivity (Wildman–Crippen MR) is 128 cm³/mol. The lowest BCUT2D eigenvalue weighted by molar-refractivity contribution is 0.0152. The fraction of sp³-hybridized carbons (Fsp3) is 0.560. The summed E-state index contributed by atoms with van der Waals surface area (Å²) in [6, 6.07) is 3.17. The van der Waals surface area contributed by atoms with E-state index in [9.17, 15) is 14.7 Å². The number of rotatable bonds is 7. The van der Waals surface area contributed by atoms with Crippen LogP contribution in [-0.4, -0.2) is 53.6 Å². The van der Waals surface area contributed by atoms with E-state index in [0.29, 0.717) is 55.5 Å². The molecule has 184 valence electrons. The number of nitrogens with one attached hydrogen (secondary N) is 1. The summed E-state index contributed by atoms with van der Waals surface area (Å²) in [6.07, 6.45) is 3.84. The molecule has 0 radical (unpaired) electrons. The lowest BCUT2D eigenvalue weighted by Gasteiger charge is -2.36. The number of benzene rings is 1. The molecule has 4 rings (SSSR count). The molecule has 1 amide bonds. The number of ether oxygens (including phenoxy) is 2. The minimum Gasteiger partial charge on any atom is -0.496 e. The molecule has 1 aromatic carbocycles. The Kier molecular flexibility index (Phi) is 7.19. The molecule has 2 aromatic rings. The first-order valence-electron chi connectivity index (χ1n) is 11.8. The van der Waals surface area contributed by atoms with Gasteiger partial charge in [-0.25, -0.2) is 4.79 Å². The Balaban J connectivity index is 1.64. The van der Waals surface area contributed by atoms with Gasteiger partial charge in [0.05, 0.1) is 24.1 Å². The maximum Gasteiger partial charge on any atom is 0.339 e. The minimum atomic E-state index is -1.08. The highest BCUT2D eigenvalue weighted by molar-refractivity contribution is 6.31. The summed E-state index contributed by atoms with van der Waals surface area (Å²) < 4.78 is 13.0. The second-order valence-electron chi connectivity index (χ2n) is 9.54. The standard InChI is InChI=1S/C25H32ClN3O5/c1-4-19-21-20(12-25(14-27-23(21)30)5-7-34-8-6-25)29(28-19)13-15(2)9-16-10-17(26)11-18(24(31)32)22(16)33-3/h10-11,15H,4-9,12-14H2,1-3H3,(H,27,30)(H,31,32)/t15-/m1/s1. The fourth-order valence-corrected chi connectivity index (χ4v) is 5.50. The number of fused-ring (bicyclic) bond motifs is 1. The topological polar surface area (TPSA) is 103 Å². The molecule has 34 heavy (non-hydrogen) atoms. The van der Waals surface area contributed by atoms with Gasteiger partial charge in [-0.05, 0) is 61.1 Å².